The van der Waals surface area contributed by atoms with Crippen molar-refractivity contribution in [3.8, 4) is 0 Å². The molecule has 0 radical (unpaired) electrons. The molecule has 0 aromatic rings. The topological polar surface area (TPSA) is 113 Å². The second kappa shape index (κ2) is 6.17. The van der Waals surface area contributed by atoms with Crippen LogP contribution in [-0.4, -0.2) is 51.7 Å². The second-order valence-electron chi connectivity index (χ2n) is 5.75. The van der Waals surface area contributed by atoms with Crippen molar-refractivity contribution in [3.63, 3.8) is 0 Å². The molecule has 0 bridgehead atoms. The zero-order chi connectivity index (χ0) is 14.0. The Morgan fingerprint density at radius 3 is 2.47 bits per heavy atom. The van der Waals surface area contributed by atoms with Crippen molar-refractivity contribution < 1.29 is 24.9 Å². The third-order valence-corrected chi connectivity index (χ3v) is 4.19. The van der Waals surface area contributed by atoms with Gasteiger partial charge in [0.25, 0.3) is 0 Å². The number of hydrogen-bond acceptors (Lipinski definition) is 5. The Balaban J connectivity index is 1.94. The number of carbonyl (C=O) groups excluding carboxylic acids is 1. The van der Waals surface area contributed by atoms with Gasteiger partial charge in [0.05, 0.1) is 24.4 Å². The lowest BCUT2D eigenvalue weighted by Crippen LogP contribution is -2.50. The Hall–Kier alpha value is -0.690. The Kier molecular flexibility index (Phi) is 4.78. The molecular weight excluding hydrogens is 250 g/mol. The molecule has 0 aliphatic heterocycles. The van der Waals surface area contributed by atoms with E-state index < -0.39 is 30.1 Å². The molecule has 1 amide bonds. The lowest BCUT2D eigenvalue weighted by atomic mass is 9.82. The predicted molar refractivity (Wildman–Crippen MR) is 67.1 cm³/mol. The summed E-state index contributed by atoms with van der Waals surface area (Å²) in [7, 11) is 0. The molecule has 0 spiro atoms. The highest BCUT2D eigenvalue weighted by molar-refractivity contribution is 5.76. The minimum absolute atomic E-state index is 0.123. The first-order chi connectivity index (χ1) is 8.97. The monoisotopic (exact) mass is 273 g/mol. The van der Waals surface area contributed by atoms with Crippen LogP contribution in [-0.2, 0) is 9.53 Å². The van der Waals surface area contributed by atoms with Crippen molar-refractivity contribution >= 4 is 5.91 Å². The highest BCUT2D eigenvalue weighted by atomic mass is 16.5. The van der Waals surface area contributed by atoms with Crippen LogP contribution in [0.1, 0.15) is 38.5 Å². The van der Waals surface area contributed by atoms with Crippen LogP contribution in [0.5, 0.6) is 0 Å². The summed E-state index contributed by atoms with van der Waals surface area (Å²) in [4.78, 5) is 11.2. The maximum atomic E-state index is 11.2. The lowest BCUT2D eigenvalue weighted by Gasteiger charge is -2.38. The van der Waals surface area contributed by atoms with Crippen LogP contribution in [0, 0.1) is 5.92 Å². The minimum atomic E-state index is -0.991. The van der Waals surface area contributed by atoms with Gasteiger partial charge in [0.15, 0.2) is 0 Å². The van der Waals surface area contributed by atoms with Crippen molar-refractivity contribution in [2.75, 3.05) is 0 Å². The van der Waals surface area contributed by atoms with Gasteiger partial charge in [-0.05, 0) is 38.5 Å². The third-order valence-electron chi connectivity index (χ3n) is 4.19. The molecular formula is C13H23NO5. The van der Waals surface area contributed by atoms with E-state index in [9.17, 15) is 20.1 Å². The first-order valence-electron chi connectivity index (χ1n) is 6.96. The fourth-order valence-electron chi connectivity index (χ4n) is 3.05. The molecule has 5 N–H and O–H groups in total. The quantitative estimate of drug-likeness (QED) is 0.542. The first kappa shape index (κ1) is 14.7. The first-order valence-corrected chi connectivity index (χ1v) is 6.96. The van der Waals surface area contributed by atoms with Gasteiger partial charge in [-0.15, -0.1) is 0 Å². The van der Waals surface area contributed by atoms with E-state index in [0.717, 1.165) is 19.3 Å². The van der Waals surface area contributed by atoms with Gasteiger partial charge in [0.2, 0.25) is 5.91 Å². The van der Waals surface area contributed by atoms with Gasteiger partial charge in [-0.2, -0.15) is 0 Å². The average molecular weight is 273 g/mol. The highest BCUT2D eigenvalue weighted by Crippen LogP contribution is 2.30. The van der Waals surface area contributed by atoms with Crippen molar-refractivity contribution in [1.82, 2.24) is 0 Å². The van der Waals surface area contributed by atoms with Gasteiger partial charge in [-0.3, -0.25) is 4.79 Å². The number of nitrogens with two attached hydrogens (primary N) is 1. The maximum absolute atomic E-state index is 11.2. The van der Waals surface area contributed by atoms with Gasteiger partial charge in [-0.1, -0.05) is 0 Å². The normalized spacial score (nSPS) is 43.9. The molecule has 6 heteroatoms. The van der Waals surface area contributed by atoms with E-state index in [1.54, 1.807) is 0 Å². The summed E-state index contributed by atoms with van der Waals surface area (Å²) in [6.07, 6.45) is 0.507. The van der Waals surface area contributed by atoms with Crippen LogP contribution >= 0.6 is 0 Å². The molecule has 0 heterocycles. The van der Waals surface area contributed by atoms with Crippen molar-refractivity contribution in [1.29, 1.82) is 0 Å². The molecule has 6 atom stereocenters. The number of hydrogen-bond donors (Lipinski definition) is 4. The van der Waals surface area contributed by atoms with E-state index in [1.807, 2.05) is 0 Å². The fraction of sp³-hybridized carbons (Fsp3) is 0.923. The summed E-state index contributed by atoms with van der Waals surface area (Å²) in [5.41, 5.74) is 5.27. The molecule has 6 nitrogen and oxygen atoms in total. The van der Waals surface area contributed by atoms with Crippen LogP contribution in [0.3, 0.4) is 0 Å². The maximum Gasteiger partial charge on any atom is 0.220 e. The molecule has 2 fully saturated rings. The Morgan fingerprint density at radius 2 is 1.84 bits per heavy atom. The summed E-state index contributed by atoms with van der Waals surface area (Å²) in [6, 6.07) is 0. The van der Waals surface area contributed by atoms with Crippen LogP contribution in [0.15, 0.2) is 0 Å². The van der Waals surface area contributed by atoms with E-state index in [-0.39, 0.29) is 18.6 Å². The van der Waals surface area contributed by atoms with Gasteiger partial charge in [0, 0.05) is 5.92 Å². The Morgan fingerprint density at radius 1 is 1.11 bits per heavy atom. The van der Waals surface area contributed by atoms with Gasteiger partial charge in [-0.25, -0.2) is 0 Å². The number of carbonyl (C=O) groups is 1. The van der Waals surface area contributed by atoms with Crippen LogP contribution in [0.4, 0.5) is 0 Å². The number of amides is 1. The zero-order valence-corrected chi connectivity index (χ0v) is 10.9. The fourth-order valence-corrected chi connectivity index (χ4v) is 3.05. The van der Waals surface area contributed by atoms with E-state index >= 15 is 0 Å². The predicted octanol–water partition coefficient (Wildman–Crippen LogP) is -0.708. The number of primary amides is 1. The van der Waals surface area contributed by atoms with Gasteiger partial charge >= 0.3 is 0 Å². The van der Waals surface area contributed by atoms with Crippen LogP contribution in [0.2, 0.25) is 0 Å². The minimum Gasteiger partial charge on any atom is -0.393 e. The van der Waals surface area contributed by atoms with Crippen LogP contribution in [0.25, 0.3) is 0 Å². The smallest absolute Gasteiger partial charge is 0.220 e. The SMILES string of the molecule is NC(=O)C1CC(O)C(O)C(OC2CCCC(O)C2)C1. The molecule has 2 saturated carbocycles. The Bertz CT molecular complexity index is 324. The van der Waals surface area contributed by atoms with E-state index in [2.05, 4.69) is 0 Å². The molecule has 0 saturated heterocycles. The second-order valence-corrected chi connectivity index (χ2v) is 5.75. The summed E-state index contributed by atoms with van der Waals surface area (Å²) < 4.78 is 5.79. The largest absolute Gasteiger partial charge is 0.393 e. The number of aliphatic hydroxyl groups is 3. The van der Waals surface area contributed by atoms with Crippen LogP contribution < -0.4 is 5.73 Å². The lowest BCUT2D eigenvalue weighted by molar-refractivity contribution is -0.163. The summed E-state index contributed by atoms with van der Waals surface area (Å²) in [5, 5.41) is 29.3. The average Bonchev–Trinajstić information content (AvgIpc) is 2.34. The molecule has 2 aliphatic carbocycles. The standard InChI is InChI=1S/C13H23NO5/c14-13(18)7-4-10(16)12(17)11(5-7)19-9-3-1-2-8(15)6-9/h7-12,15-17H,1-6H2,(H2,14,18). The molecule has 2 aliphatic rings. The van der Waals surface area contributed by atoms with E-state index in [0.29, 0.717) is 12.8 Å². The summed E-state index contributed by atoms with van der Waals surface area (Å²) in [6.45, 7) is 0. The molecule has 6 unspecified atom stereocenters. The third kappa shape index (κ3) is 3.66. The number of rotatable bonds is 3. The van der Waals surface area contributed by atoms with Crippen molar-refractivity contribution in [2.24, 2.45) is 11.7 Å². The van der Waals surface area contributed by atoms with E-state index in [1.165, 1.54) is 0 Å². The molecule has 110 valence electrons. The number of ether oxygens (including phenoxy) is 1. The Labute approximate surface area is 112 Å². The molecule has 0 aromatic carbocycles. The summed E-state index contributed by atoms with van der Waals surface area (Å²) >= 11 is 0. The zero-order valence-electron chi connectivity index (χ0n) is 10.9. The molecule has 2 rings (SSSR count). The van der Waals surface area contributed by atoms with E-state index in [4.69, 9.17) is 10.5 Å². The van der Waals surface area contributed by atoms with Crippen molar-refractivity contribution in [2.45, 2.75) is 69.0 Å². The summed E-state index contributed by atoms with van der Waals surface area (Å²) in [5.74, 6) is -0.930. The highest BCUT2D eigenvalue weighted by Gasteiger charge is 2.40. The molecule has 19 heavy (non-hydrogen) atoms. The van der Waals surface area contributed by atoms with Gasteiger partial charge in [0.1, 0.15) is 6.10 Å². The van der Waals surface area contributed by atoms with Crippen molar-refractivity contribution in [3.05, 3.63) is 0 Å². The number of aliphatic hydroxyl groups excluding tert-OH is 3. The van der Waals surface area contributed by atoms with Gasteiger partial charge < -0.3 is 25.8 Å². The molecule has 0 aromatic heterocycles.